The van der Waals surface area contributed by atoms with Gasteiger partial charge in [-0.3, -0.25) is 9.69 Å². The van der Waals surface area contributed by atoms with Crippen LogP contribution in [0.25, 0.3) is 0 Å². The van der Waals surface area contributed by atoms with Crippen LogP contribution in [-0.4, -0.2) is 50.3 Å². The van der Waals surface area contributed by atoms with Crippen molar-refractivity contribution >= 4 is 5.97 Å². The molecule has 1 aromatic rings. The van der Waals surface area contributed by atoms with E-state index in [0.717, 1.165) is 51.1 Å². The highest BCUT2D eigenvalue weighted by atomic mass is 16.5. The molecule has 3 heterocycles. The van der Waals surface area contributed by atoms with Gasteiger partial charge in [0.05, 0.1) is 25.9 Å². The Morgan fingerprint density at radius 1 is 1.26 bits per heavy atom. The van der Waals surface area contributed by atoms with Crippen LogP contribution in [0.3, 0.4) is 0 Å². The molecule has 5 nitrogen and oxygen atoms in total. The van der Waals surface area contributed by atoms with Crippen molar-refractivity contribution in [3.05, 3.63) is 29.3 Å². The Hall–Kier alpha value is -1.59. The molecule has 0 N–H and O–H groups in total. The van der Waals surface area contributed by atoms with Gasteiger partial charge in [0.2, 0.25) is 0 Å². The summed E-state index contributed by atoms with van der Waals surface area (Å²) in [7, 11) is 1.72. The summed E-state index contributed by atoms with van der Waals surface area (Å²) in [6.45, 7) is 3.03. The van der Waals surface area contributed by atoms with E-state index < -0.39 is 0 Å². The summed E-state index contributed by atoms with van der Waals surface area (Å²) in [5, 5.41) is 0. The number of benzene rings is 1. The molecule has 2 saturated heterocycles. The number of piperidine rings is 1. The highest BCUT2D eigenvalue weighted by Gasteiger charge is 2.45. The fraction of sp³-hybridized carbons (Fsp3) is 0.611. The molecule has 3 aliphatic heterocycles. The van der Waals surface area contributed by atoms with E-state index in [2.05, 4.69) is 17.0 Å². The van der Waals surface area contributed by atoms with Crippen molar-refractivity contribution in [1.29, 1.82) is 0 Å². The third-order valence-electron chi connectivity index (χ3n) is 5.49. The summed E-state index contributed by atoms with van der Waals surface area (Å²) in [5.41, 5.74) is 2.30. The number of carbonyl (C=O) groups excluding carboxylic acids is 1. The van der Waals surface area contributed by atoms with Crippen molar-refractivity contribution in [2.24, 2.45) is 0 Å². The van der Waals surface area contributed by atoms with Crippen LogP contribution in [0.1, 0.15) is 30.4 Å². The maximum Gasteiger partial charge on any atom is 0.323 e. The zero-order valence-corrected chi connectivity index (χ0v) is 13.5. The monoisotopic (exact) mass is 317 g/mol. The summed E-state index contributed by atoms with van der Waals surface area (Å²) in [6, 6.07) is 6.20. The van der Waals surface area contributed by atoms with E-state index in [1.807, 2.05) is 6.07 Å². The van der Waals surface area contributed by atoms with Gasteiger partial charge in [-0.15, -0.1) is 0 Å². The first-order valence-electron chi connectivity index (χ1n) is 8.44. The molecule has 1 aromatic carbocycles. The summed E-state index contributed by atoms with van der Waals surface area (Å²) in [5.74, 6) is 0.861. The number of carbonyl (C=O) groups is 1. The van der Waals surface area contributed by atoms with Gasteiger partial charge in [-0.2, -0.15) is 0 Å². The molecule has 0 saturated carbocycles. The third-order valence-corrected chi connectivity index (χ3v) is 5.49. The van der Waals surface area contributed by atoms with Gasteiger partial charge in [-0.1, -0.05) is 12.1 Å². The smallest absolute Gasteiger partial charge is 0.323 e. The number of esters is 1. The van der Waals surface area contributed by atoms with Gasteiger partial charge < -0.3 is 14.2 Å². The summed E-state index contributed by atoms with van der Waals surface area (Å²) in [6.07, 6.45) is 3.54. The topological polar surface area (TPSA) is 48.0 Å². The molecule has 2 fully saturated rings. The number of hydrogen-bond donors (Lipinski definition) is 0. The minimum atomic E-state index is -0.265. The molecule has 3 aliphatic rings. The van der Waals surface area contributed by atoms with Crippen LogP contribution >= 0.6 is 0 Å². The van der Waals surface area contributed by atoms with Crippen LogP contribution in [0.5, 0.6) is 5.75 Å². The number of nitrogens with zero attached hydrogens (tertiary/aromatic N) is 1. The van der Waals surface area contributed by atoms with Crippen LogP contribution in [0, 0.1) is 0 Å². The number of cyclic esters (lactones) is 1. The van der Waals surface area contributed by atoms with E-state index in [1.54, 1.807) is 7.11 Å². The number of rotatable bonds is 2. The first kappa shape index (κ1) is 15.0. The van der Waals surface area contributed by atoms with E-state index >= 15 is 0 Å². The Balaban J connectivity index is 1.59. The fourth-order valence-corrected chi connectivity index (χ4v) is 4.31. The molecule has 4 rings (SSSR count). The molecule has 1 atom stereocenters. The van der Waals surface area contributed by atoms with E-state index in [9.17, 15) is 4.79 Å². The highest BCUT2D eigenvalue weighted by Crippen LogP contribution is 2.46. The molecule has 0 aromatic heterocycles. The normalized spacial score (nSPS) is 26.8. The van der Waals surface area contributed by atoms with Gasteiger partial charge >= 0.3 is 5.97 Å². The third kappa shape index (κ3) is 2.42. The zero-order valence-electron chi connectivity index (χ0n) is 13.5. The summed E-state index contributed by atoms with van der Waals surface area (Å²) >= 11 is 0. The molecule has 23 heavy (non-hydrogen) atoms. The zero-order chi connectivity index (χ0) is 15.9. The second-order valence-electron chi connectivity index (χ2n) is 6.60. The van der Waals surface area contributed by atoms with Crippen molar-refractivity contribution in [2.75, 3.05) is 33.4 Å². The predicted octanol–water partition coefficient (Wildman–Crippen LogP) is 1.87. The molecule has 5 heteroatoms. The lowest BCUT2D eigenvalue weighted by Gasteiger charge is -2.46. The number of methoxy groups -OCH3 is 1. The van der Waals surface area contributed by atoms with Crippen molar-refractivity contribution in [2.45, 2.75) is 37.3 Å². The SMILES string of the molecule is COc1cccc2c1C1(CCN(C3CCOC3=O)CC1)OCC2. The minimum Gasteiger partial charge on any atom is -0.496 e. The lowest BCUT2D eigenvalue weighted by molar-refractivity contribution is -0.145. The summed E-state index contributed by atoms with van der Waals surface area (Å²) in [4.78, 5) is 14.1. The maximum atomic E-state index is 11.8. The van der Waals surface area contributed by atoms with E-state index in [4.69, 9.17) is 14.2 Å². The molecule has 0 amide bonds. The average Bonchev–Trinajstić information content (AvgIpc) is 3.01. The Morgan fingerprint density at radius 2 is 2.09 bits per heavy atom. The van der Waals surface area contributed by atoms with Crippen molar-refractivity contribution in [3.63, 3.8) is 0 Å². The molecule has 0 bridgehead atoms. The Kier molecular flexibility index (Phi) is 3.77. The van der Waals surface area contributed by atoms with E-state index in [1.165, 1.54) is 11.1 Å². The first-order chi connectivity index (χ1) is 11.2. The van der Waals surface area contributed by atoms with Gasteiger partial charge in [0.25, 0.3) is 0 Å². The second kappa shape index (κ2) is 5.80. The van der Waals surface area contributed by atoms with Gasteiger partial charge in [-0.25, -0.2) is 0 Å². The Bertz CT molecular complexity index is 593. The highest BCUT2D eigenvalue weighted by molar-refractivity contribution is 5.77. The number of fused-ring (bicyclic) bond motifs is 2. The standard InChI is InChI=1S/C18H23NO4/c1-21-15-4-2-3-13-5-12-23-18(16(13)15)7-9-19(10-8-18)14-6-11-22-17(14)20/h2-4,14H,5-12H2,1H3. The van der Waals surface area contributed by atoms with Crippen LogP contribution < -0.4 is 4.74 Å². The van der Waals surface area contributed by atoms with Crippen molar-refractivity contribution in [3.8, 4) is 5.75 Å². The molecule has 0 radical (unpaired) electrons. The average molecular weight is 317 g/mol. The molecular formula is C18H23NO4. The van der Waals surface area contributed by atoms with Gasteiger partial charge in [0.1, 0.15) is 11.8 Å². The van der Waals surface area contributed by atoms with Crippen molar-refractivity contribution < 1.29 is 19.0 Å². The maximum absolute atomic E-state index is 11.8. The molecule has 124 valence electrons. The number of likely N-dealkylation sites (tertiary alicyclic amines) is 1. The fourth-order valence-electron chi connectivity index (χ4n) is 4.31. The summed E-state index contributed by atoms with van der Waals surface area (Å²) < 4.78 is 17.0. The lowest BCUT2D eigenvalue weighted by atomic mass is 9.78. The molecule has 0 aliphatic carbocycles. The van der Waals surface area contributed by atoms with Crippen molar-refractivity contribution in [1.82, 2.24) is 4.90 Å². The number of hydrogen-bond acceptors (Lipinski definition) is 5. The van der Waals surface area contributed by atoms with Crippen LogP contribution in [-0.2, 0) is 26.3 Å². The van der Waals surface area contributed by atoms with Crippen LogP contribution in [0.15, 0.2) is 18.2 Å². The molecule has 1 unspecified atom stereocenters. The quantitative estimate of drug-likeness (QED) is 0.780. The van der Waals surface area contributed by atoms with Gasteiger partial charge in [0, 0.05) is 25.1 Å². The Labute approximate surface area is 136 Å². The van der Waals surface area contributed by atoms with E-state index in [-0.39, 0.29) is 17.6 Å². The lowest BCUT2D eigenvalue weighted by Crippen LogP contribution is -2.50. The van der Waals surface area contributed by atoms with Crippen LogP contribution in [0.4, 0.5) is 0 Å². The minimum absolute atomic E-state index is 0.0620. The Morgan fingerprint density at radius 3 is 2.78 bits per heavy atom. The van der Waals surface area contributed by atoms with E-state index in [0.29, 0.717) is 6.61 Å². The van der Waals surface area contributed by atoms with Crippen LogP contribution in [0.2, 0.25) is 0 Å². The second-order valence-corrected chi connectivity index (χ2v) is 6.60. The first-order valence-corrected chi connectivity index (χ1v) is 8.44. The molecule has 1 spiro atoms. The van der Waals surface area contributed by atoms with Gasteiger partial charge in [-0.05, 0) is 30.9 Å². The number of ether oxygens (including phenoxy) is 3. The predicted molar refractivity (Wildman–Crippen MR) is 84.5 cm³/mol. The van der Waals surface area contributed by atoms with Gasteiger partial charge in [0.15, 0.2) is 0 Å². The molecular weight excluding hydrogens is 294 g/mol. The largest absolute Gasteiger partial charge is 0.496 e.